The number of aromatic nitrogens is 3. The van der Waals surface area contributed by atoms with Crippen molar-refractivity contribution >= 4 is 49.8 Å². The Morgan fingerprint density at radius 3 is 2.87 bits per heavy atom. The first-order valence-corrected chi connectivity index (χ1v) is 11.2. The van der Waals surface area contributed by atoms with E-state index in [9.17, 15) is 10.1 Å². The number of carbonyl (C=O) groups is 1. The second kappa shape index (κ2) is 6.97. The predicted octanol–water partition coefficient (Wildman–Crippen LogP) is 3.69. The molecule has 9 nitrogen and oxygen atoms in total. The molecule has 0 spiro atoms. The summed E-state index contributed by atoms with van der Waals surface area (Å²) in [6.07, 6.45) is 3.50. The lowest BCUT2D eigenvalue weighted by molar-refractivity contribution is 0.0750. The van der Waals surface area contributed by atoms with E-state index < -0.39 is 0 Å². The molecule has 1 aliphatic heterocycles. The maximum absolute atomic E-state index is 13.1. The van der Waals surface area contributed by atoms with Gasteiger partial charge in [0.05, 0.1) is 16.7 Å². The van der Waals surface area contributed by atoms with E-state index in [1.807, 2.05) is 31.8 Å². The van der Waals surface area contributed by atoms with Crippen LogP contribution in [0.1, 0.15) is 15.4 Å². The summed E-state index contributed by atoms with van der Waals surface area (Å²) < 4.78 is 13.1. The van der Waals surface area contributed by atoms with Gasteiger partial charge in [0.15, 0.2) is 10.7 Å². The first kappa shape index (κ1) is 18.2. The van der Waals surface area contributed by atoms with Gasteiger partial charge in [0, 0.05) is 37.8 Å². The molecule has 0 saturated carbocycles. The van der Waals surface area contributed by atoms with E-state index in [0.29, 0.717) is 42.7 Å². The number of hydrogen-bond donors (Lipinski definition) is 0. The molecule has 0 N–H and O–H groups in total. The van der Waals surface area contributed by atoms with Crippen LogP contribution in [0.25, 0.3) is 27.0 Å². The van der Waals surface area contributed by atoms with Gasteiger partial charge in [0.25, 0.3) is 11.8 Å². The zero-order valence-electron chi connectivity index (χ0n) is 16.0. The fourth-order valence-electron chi connectivity index (χ4n) is 3.73. The quantitative estimate of drug-likeness (QED) is 0.413. The number of nitriles is 1. The Kier molecular flexibility index (Phi) is 4.09. The van der Waals surface area contributed by atoms with Crippen LogP contribution in [0.2, 0.25) is 0 Å². The van der Waals surface area contributed by atoms with Crippen molar-refractivity contribution in [2.24, 2.45) is 0 Å². The van der Waals surface area contributed by atoms with Crippen molar-refractivity contribution in [3.05, 3.63) is 46.6 Å². The summed E-state index contributed by atoms with van der Waals surface area (Å²) in [4.78, 5) is 28.1. The highest BCUT2D eigenvalue weighted by Crippen LogP contribution is 2.31. The minimum absolute atomic E-state index is 0.000908. The summed E-state index contributed by atoms with van der Waals surface area (Å²) in [6, 6.07) is 7.47. The Hall–Kier alpha value is -3.62. The third-order valence-electron chi connectivity index (χ3n) is 5.25. The number of fused-ring (bicyclic) bond motifs is 3. The normalized spacial score (nSPS) is 14.5. The SMILES string of the molecule is N#Cc1nc(-c2ccco2)oc1N1CCN(C(=O)c2cc3c(nc4sccn43)s2)CC1. The van der Waals surface area contributed by atoms with E-state index in [1.165, 1.54) is 17.6 Å². The standard InChI is InChI=1S/C20H14N6O3S2/c21-11-12-19(29-16(22-12)14-2-1-8-28-14)25-5-3-24(4-6-25)18(27)15-10-13-17(31-15)23-20-26(13)7-9-30-20/h1-2,7-10H,3-6H2. The van der Waals surface area contributed by atoms with E-state index in [-0.39, 0.29) is 17.5 Å². The molecule has 0 radical (unpaired) electrons. The molecule has 1 amide bonds. The highest BCUT2D eigenvalue weighted by atomic mass is 32.1. The van der Waals surface area contributed by atoms with Crippen molar-refractivity contribution in [1.82, 2.24) is 19.3 Å². The molecule has 11 heteroatoms. The molecule has 5 aromatic rings. The zero-order valence-corrected chi connectivity index (χ0v) is 17.7. The summed E-state index contributed by atoms with van der Waals surface area (Å²) >= 11 is 3.00. The van der Waals surface area contributed by atoms with E-state index in [2.05, 4.69) is 16.0 Å². The number of piperazine rings is 1. The molecule has 1 aliphatic rings. The smallest absolute Gasteiger partial charge is 0.266 e. The Morgan fingerprint density at radius 2 is 2.10 bits per heavy atom. The molecule has 0 atom stereocenters. The number of nitrogens with zero attached hydrogens (tertiary/aromatic N) is 6. The summed E-state index contributed by atoms with van der Waals surface area (Å²) in [5, 5.41) is 11.4. The average molecular weight is 451 g/mol. The second-order valence-electron chi connectivity index (χ2n) is 7.01. The molecule has 1 fully saturated rings. The maximum Gasteiger partial charge on any atom is 0.266 e. The molecular weight excluding hydrogens is 436 g/mol. The number of anilines is 1. The number of thiophene rings is 1. The third kappa shape index (κ3) is 2.91. The number of imidazole rings is 1. The number of amides is 1. The number of thiazole rings is 1. The van der Waals surface area contributed by atoms with Crippen LogP contribution in [-0.4, -0.2) is 51.4 Å². The van der Waals surface area contributed by atoms with Crippen LogP contribution in [0.3, 0.4) is 0 Å². The number of carbonyl (C=O) groups excluding carboxylic acids is 1. The molecular formula is C20H14N6O3S2. The summed E-state index contributed by atoms with van der Waals surface area (Å²) in [5.74, 6) is 1.16. The first-order valence-electron chi connectivity index (χ1n) is 9.55. The lowest BCUT2D eigenvalue weighted by atomic mass is 10.3. The van der Waals surface area contributed by atoms with Gasteiger partial charge in [-0.1, -0.05) is 0 Å². The molecule has 31 heavy (non-hydrogen) atoms. The van der Waals surface area contributed by atoms with Gasteiger partial charge in [-0.15, -0.1) is 22.7 Å². The molecule has 6 rings (SSSR count). The molecule has 1 saturated heterocycles. The van der Waals surface area contributed by atoms with Crippen LogP contribution in [0.4, 0.5) is 5.88 Å². The van der Waals surface area contributed by atoms with Crippen molar-refractivity contribution < 1.29 is 13.6 Å². The van der Waals surface area contributed by atoms with Crippen LogP contribution < -0.4 is 4.90 Å². The van der Waals surface area contributed by atoms with Crippen LogP contribution in [-0.2, 0) is 0 Å². The van der Waals surface area contributed by atoms with Gasteiger partial charge in [0.2, 0.25) is 11.6 Å². The Bertz CT molecular complexity index is 1440. The number of furan rings is 1. The zero-order chi connectivity index (χ0) is 20.9. The van der Waals surface area contributed by atoms with Crippen molar-refractivity contribution in [2.45, 2.75) is 0 Å². The molecule has 6 heterocycles. The van der Waals surface area contributed by atoms with Gasteiger partial charge in [-0.05, 0) is 18.2 Å². The summed E-state index contributed by atoms with van der Waals surface area (Å²) in [5.41, 5.74) is 1.18. The molecule has 0 aliphatic carbocycles. The van der Waals surface area contributed by atoms with E-state index in [1.54, 1.807) is 23.5 Å². The van der Waals surface area contributed by atoms with Gasteiger partial charge < -0.3 is 18.6 Å². The topological polar surface area (TPSA) is 104 Å². The molecule has 0 unspecified atom stereocenters. The van der Waals surface area contributed by atoms with Gasteiger partial charge in [-0.25, -0.2) is 4.98 Å². The van der Waals surface area contributed by atoms with Gasteiger partial charge in [-0.2, -0.15) is 10.2 Å². The van der Waals surface area contributed by atoms with Crippen molar-refractivity contribution in [3.8, 4) is 17.7 Å². The van der Waals surface area contributed by atoms with Gasteiger partial charge >= 0.3 is 0 Å². The molecule has 154 valence electrons. The van der Waals surface area contributed by atoms with E-state index >= 15 is 0 Å². The largest absolute Gasteiger partial charge is 0.459 e. The van der Waals surface area contributed by atoms with Crippen molar-refractivity contribution in [3.63, 3.8) is 0 Å². The number of rotatable bonds is 3. The number of hydrogen-bond acceptors (Lipinski definition) is 9. The lowest BCUT2D eigenvalue weighted by Gasteiger charge is -2.34. The Morgan fingerprint density at radius 1 is 1.23 bits per heavy atom. The third-order valence-corrected chi connectivity index (χ3v) is 7.01. The number of oxazole rings is 1. The Balaban J connectivity index is 1.19. The minimum atomic E-state index is 0.000908. The van der Waals surface area contributed by atoms with E-state index in [0.717, 1.165) is 15.3 Å². The van der Waals surface area contributed by atoms with Crippen LogP contribution >= 0.6 is 22.7 Å². The van der Waals surface area contributed by atoms with Crippen LogP contribution in [0, 0.1) is 11.3 Å². The summed E-state index contributed by atoms with van der Waals surface area (Å²) in [6.45, 7) is 2.15. The first-order chi connectivity index (χ1) is 15.2. The predicted molar refractivity (Wildman–Crippen MR) is 115 cm³/mol. The second-order valence-corrected chi connectivity index (χ2v) is 8.91. The molecule has 0 aromatic carbocycles. The van der Waals surface area contributed by atoms with Crippen molar-refractivity contribution in [1.29, 1.82) is 5.26 Å². The fraction of sp³-hybridized carbons (Fsp3) is 0.200. The Labute approximate surface area is 183 Å². The fourth-order valence-corrected chi connectivity index (χ4v) is 5.49. The molecule has 5 aromatic heterocycles. The highest BCUT2D eigenvalue weighted by molar-refractivity contribution is 7.21. The van der Waals surface area contributed by atoms with Crippen LogP contribution in [0.15, 0.2) is 44.9 Å². The summed E-state index contributed by atoms with van der Waals surface area (Å²) in [7, 11) is 0. The monoisotopic (exact) mass is 450 g/mol. The average Bonchev–Trinajstić information content (AvgIpc) is 3.59. The minimum Gasteiger partial charge on any atom is -0.459 e. The van der Waals surface area contributed by atoms with Gasteiger partial charge in [-0.3, -0.25) is 9.20 Å². The van der Waals surface area contributed by atoms with E-state index in [4.69, 9.17) is 8.83 Å². The maximum atomic E-state index is 13.1. The lowest BCUT2D eigenvalue weighted by Crippen LogP contribution is -2.48. The van der Waals surface area contributed by atoms with Gasteiger partial charge in [0.1, 0.15) is 10.9 Å². The van der Waals surface area contributed by atoms with Crippen LogP contribution in [0.5, 0.6) is 0 Å². The highest BCUT2D eigenvalue weighted by Gasteiger charge is 2.28. The molecule has 0 bridgehead atoms. The van der Waals surface area contributed by atoms with Crippen molar-refractivity contribution in [2.75, 3.05) is 31.1 Å².